The van der Waals surface area contributed by atoms with Crippen molar-refractivity contribution in [1.82, 2.24) is 0 Å². The summed E-state index contributed by atoms with van der Waals surface area (Å²) >= 11 is 2.88. The molecule has 0 atom stereocenters. The summed E-state index contributed by atoms with van der Waals surface area (Å²) in [6, 6.07) is 0. The van der Waals surface area contributed by atoms with Crippen LogP contribution in [-0.4, -0.2) is 30.5 Å². The maximum atomic E-state index is 10.9. The van der Waals surface area contributed by atoms with Crippen molar-refractivity contribution >= 4 is 27.9 Å². The summed E-state index contributed by atoms with van der Waals surface area (Å²) in [5.41, 5.74) is 0. The fraction of sp³-hybridized carbons (Fsp3) is 0.667. The highest BCUT2D eigenvalue weighted by Gasteiger charge is 2.40. The third-order valence-corrected chi connectivity index (χ3v) is 1.78. The molecule has 4 nitrogen and oxygen atoms in total. The zero-order chi connectivity index (χ0) is 9.07. The molecule has 0 heterocycles. The molecule has 0 aliphatic carbocycles. The molecule has 0 radical (unpaired) electrons. The summed E-state index contributed by atoms with van der Waals surface area (Å²) < 4.78 is 7.31. The van der Waals surface area contributed by atoms with E-state index in [4.69, 9.17) is 0 Å². The van der Waals surface area contributed by atoms with E-state index in [0.29, 0.717) is 0 Å². The van der Waals surface area contributed by atoms with E-state index in [1.807, 2.05) is 0 Å². The molecule has 0 rings (SSSR count). The first-order valence-corrected chi connectivity index (χ1v) is 3.61. The lowest BCUT2D eigenvalue weighted by Crippen LogP contribution is -2.39. The van der Waals surface area contributed by atoms with Crippen LogP contribution in [0, 0.1) is 0 Å². The van der Waals surface area contributed by atoms with Crippen LogP contribution in [0.2, 0.25) is 0 Å². The van der Waals surface area contributed by atoms with Gasteiger partial charge in [0.05, 0.1) is 14.2 Å². The van der Waals surface area contributed by atoms with Gasteiger partial charge in [-0.3, -0.25) is 0 Å². The molecule has 0 aliphatic rings. The number of carbonyl (C=O) groups excluding carboxylic acids is 2. The smallest absolute Gasteiger partial charge is 0.333 e. The van der Waals surface area contributed by atoms with Crippen LogP contribution in [0.3, 0.4) is 0 Å². The first-order valence-electron chi connectivity index (χ1n) is 2.82. The number of halogens is 1. The van der Waals surface area contributed by atoms with Crippen molar-refractivity contribution in [3.05, 3.63) is 0 Å². The van der Waals surface area contributed by atoms with Gasteiger partial charge in [-0.15, -0.1) is 0 Å². The predicted octanol–water partition coefficient (Wildman–Crippen LogP) is 0.486. The molecule has 0 saturated carbocycles. The van der Waals surface area contributed by atoms with E-state index in [1.54, 1.807) is 0 Å². The van der Waals surface area contributed by atoms with Gasteiger partial charge in [0.1, 0.15) is 0 Å². The number of methoxy groups -OCH3 is 2. The van der Waals surface area contributed by atoms with Crippen LogP contribution in [0.1, 0.15) is 6.92 Å². The third-order valence-electron chi connectivity index (χ3n) is 1.14. The Bertz CT molecular complexity index is 157. The second-order valence-electron chi connectivity index (χ2n) is 1.99. The molecular weight excluding hydrogens is 216 g/mol. The Balaban J connectivity index is 4.44. The zero-order valence-electron chi connectivity index (χ0n) is 6.51. The summed E-state index contributed by atoms with van der Waals surface area (Å²) in [6.07, 6.45) is 0. The first kappa shape index (κ1) is 10.4. The summed E-state index contributed by atoms with van der Waals surface area (Å²) in [5.74, 6) is -1.35. The first-order chi connectivity index (χ1) is 4.96. The number of ether oxygens (including phenoxy) is 2. The highest BCUT2D eigenvalue weighted by molar-refractivity contribution is 9.10. The van der Waals surface area contributed by atoms with Crippen molar-refractivity contribution in [2.24, 2.45) is 0 Å². The van der Waals surface area contributed by atoms with Crippen LogP contribution in [0.25, 0.3) is 0 Å². The lowest BCUT2D eigenvalue weighted by molar-refractivity contribution is -0.154. The number of alkyl halides is 1. The van der Waals surface area contributed by atoms with Gasteiger partial charge < -0.3 is 9.47 Å². The molecule has 11 heavy (non-hydrogen) atoms. The molecule has 0 bridgehead atoms. The minimum Gasteiger partial charge on any atom is -0.468 e. The molecule has 0 fully saturated rings. The fourth-order valence-corrected chi connectivity index (χ4v) is 0.790. The van der Waals surface area contributed by atoms with Gasteiger partial charge in [-0.05, 0) is 6.92 Å². The quantitative estimate of drug-likeness (QED) is 0.389. The molecule has 5 heteroatoms. The highest BCUT2D eigenvalue weighted by atomic mass is 79.9. The van der Waals surface area contributed by atoms with Crippen LogP contribution >= 0.6 is 15.9 Å². The molecule has 0 aromatic heterocycles. The minimum atomic E-state index is -1.39. The number of esters is 2. The van der Waals surface area contributed by atoms with E-state index >= 15 is 0 Å². The molecular formula is C6H9BrO4. The Morgan fingerprint density at radius 2 is 1.45 bits per heavy atom. The SMILES string of the molecule is COC(=O)C(C)(Br)C(=O)OC. The Hall–Kier alpha value is -0.580. The maximum absolute atomic E-state index is 10.9. The van der Waals surface area contributed by atoms with Crippen LogP contribution < -0.4 is 0 Å². The lowest BCUT2D eigenvalue weighted by atomic mass is 10.2. The van der Waals surface area contributed by atoms with Gasteiger partial charge in [-0.1, -0.05) is 15.9 Å². The van der Waals surface area contributed by atoms with Gasteiger partial charge in [-0.25, -0.2) is 9.59 Å². The van der Waals surface area contributed by atoms with Gasteiger partial charge in [0.25, 0.3) is 0 Å². The van der Waals surface area contributed by atoms with E-state index in [2.05, 4.69) is 25.4 Å². The van der Waals surface area contributed by atoms with Crippen LogP contribution in [0.15, 0.2) is 0 Å². The second kappa shape index (κ2) is 3.71. The summed E-state index contributed by atoms with van der Waals surface area (Å²) in [4.78, 5) is 21.7. The van der Waals surface area contributed by atoms with Crippen LogP contribution in [0.4, 0.5) is 0 Å². The Kier molecular flexibility index (Phi) is 3.51. The minimum absolute atomic E-state index is 0.677. The third kappa shape index (κ3) is 2.18. The van der Waals surface area contributed by atoms with E-state index in [9.17, 15) is 9.59 Å². The number of carbonyl (C=O) groups is 2. The van der Waals surface area contributed by atoms with Crippen molar-refractivity contribution in [1.29, 1.82) is 0 Å². The van der Waals surface area contributed by atoms with Crippen LogP contribution in [-0.2, 0) is 19.1 Å². The fourth-order valence-electron chi connectivity index (χ4n) is 0.467. The highest BCUT2D eigenvalue weighted by Crippen LogP contribution is 2.20. The predicted molar refractivity (Wildman–Crippen MR) is 41.4 cm³/mol. The molecule has 0 saturated heterocycles. The second-order valence-corrected chi connectivity index (χ2v) is 3.57. The molecule has 0 amide bonds. The van der Waals surface area contributed by atoms with Gasteiger partial charge in [-0.2, -0.15) is 0 Å². The Labute approximate surface area is 73.0 Å². The van der Waals surface area contributed by atoms with Crippen molar-refractivity contribution in [3.63, 3.8) is 0 Å². The lowest BCUT2D eigenvalue weighted by Gasteiger charge is -2.15. The van der Waals surface area contributed by atoms with E-state index in [0.717, 1.165) is 0 Å². The van der Waals surface area contributed by atoms with Crippen molar-refractivity contribution in [2.45, 2.75) is 11.2 Å². The summed E-state index contributed by atoms with van der Waals surface area (Å²) in [5, 5.41) is 0. The van der Waals surface area contributed by atoms with Crippen LogP contribution in [0.5, 0.6) is 0 Å². The summed E-state index contributed by atoms with van der Waals surface area (Å²) in [7, 11) is 2.40. The normalized spacial score (nSPS) is 10.5. The van der Waals surface area contributed by atoms with Crippen molar-refractivity contribution < 1.29 is 19.1 Å². The Morgan fingerprint density at radius 3 is 1.64 bits per heavy atom. The molecule has 0 aromatic carbocycles. The average molecular weight is 225 g/mol. The summed E-state index contributed by atoms with van der Waals surface area (Å²) in [6.45, 7) is 1.37. The molecule has 0 unspecified atom stereocenters. The number of hydrogen-bond donors (Lipinski definition) is 0. The molecule has 64 valence electrons. The van der Waals surface area contributed by atoms with Gasteiger partial charge in [0.2, 0.25) is 4.32 Å². The largest absolute Gasteiger partial charge is 0.468 e. The standard InChI is InChI=1S/C6H9BrO4/c1-6(7,4(8)10-2)5(9)11-3/h1-3H3. The van der Waals surface area contributed by atoms with Crippen molar-refractivity contribution in [2.75, 3.05) is 14.2 Å². The topological polar surface area (TPSA) is 52.6 Å². The van der Waals surface area contributed by atoms with Gasteiger partial charge in [0, 0.05) is 0 Å². The average Bonchev–Trinajstić information content (AvgIpc) is 2.01. The molecule has 0 spiro atoms. The molecule has 0 aromatic rings. The zero-order valence-corrected chi connectivity index (χ0v) is 8.10. The number of hydrogen-bond acceptors (Lipinski definition) is 4. The van der Waals surface area contributed by atoms with Gasteiger partial charge >= 0.3 is 11.9 Å². The number of rotatable bonds is 2. The van der Waals surface area contributed by atoms with Gasteiger partial charge in [0.15, 0.2) is 0 Å². The monoisotopic (exact) mass is 224 g/mol. The molecule has 0 aliphatic heterocycles. The van der Waals surface area contributed by atoms with E-state index in [1.165, 1.54) is 21.1 Å². The molecule has 0 N–H and O–H groups in total. The van der Waals surface area contributed by atoms with E-state index < -0.39 is 16.3 Å². The Morgan fingerprint density at radius 1 is 1.18 bits per heavy atom. The van der Waals surface area contributed by atoms with E-state index in [-0.39, 0.29) is 0 Å². The van der Waals surface area contributed by atoms with Crippen molar-refractivity contribution in [3.8, 4) is 0 Å². The maximum Gasteiger partial charge on any atom is 0.333 e.